The number of benzene rings is 2. The van der Waals surface area contributed by atoms with Gasteiger partial charge in [0.05, 0.1) is 13.7 Å². The summed E-state index contributed by atoms with van der Waals surface area (Å²) in [6.45, 7) is 5.74. The van der Waals surface area contributed by atoms with Crippen LogP contribution in [-0.4, -0.2) is 31.7 Å². The van der Waals surface area contributed by atoms with Crippen molar-refractivity contribution in [3.63, 3.8) is 0 Å². The number of nitrogens with one attached hydrogen (secondary N) is 2. The average Bonchev–Trinajstić information content (AvgIpc) is 2.82. The molecule has 176 valence electrons. The number of nitrogens with zero attached hydrogens (tertiary/aromatic N) is 2. The molecule has 33 heavy (non-hydrogen) atoms. The molecule has 0 fully saturated rings. The summed E-state index contributed by atoms with van der Waals surface area (Å²) in [5.74, 6) is 3.40. The Morgan fingerprint density at radius 2 is 1.73 bits per heavy atom. The van der Waals surface area contributed by atoms with Crippen molar-refractivity contribution in [1.29, 1.82) is 0 Å². The van der Waals surface area contributed by atoms with Crippen molar-refractivity contribution < 1.29 is 14.2 Å². The molecule has 0 unspecified atom stereocenters. The Kier molecular flexibility index (Phi) is 10.8. The highest BCUT2D eigenvalue weighted by Gasteiger charge is 2.07. The van der Waals surface area contributed by atoms with Crippen molar-refractivity contribution in [2.24, 2.45) is 4.99 Å². The molecular formula is C25H31IN4O3. The van der Waals surface area contributed by atoms with E-state index in [1.807, 2.05) is 56.3 Å². The largest absolute Gasteiger partial charge is 0.496 e. The Morgan fingerprint density at radius 3 is 2.39 bits per heavy atom. The molecule has 0 spiro atoms. The van der Waals surface area contributed by atoms with Crippen LogP contribution in [0.3, 0.4) is 0 Å². The minimum atomic E-state index is 0. The summed E-state index contributed by atoms with van der Waals surface area (Å²) in [6.07, 6.45) is 1.78. The molecule has 3 aromatic rings. The van der Waals surface area contributed by atoms with Gasteiger partial charge in [0.2, 0.25) is 5.88 Å². The quantitative estimate of drug-likeness (QED) is 0.216. The van der Waals surface area contributed by atoms with Gasteiger partial charge in [-0.15, -0.1) is 24.0 Å². The average molecular weight is 562 g/mol. The number of halogens is 1. The van der Waals surface area contributed by atoms with Crippen molar-refractivity contribution in [3.8, 4) is 23.1 Å². The van der Waals surface area contributed by atoms with Gasteiger partial charge in [-0.05, 0) is 43.2 Å². The monoisotopic (exact) mass is 562 g/mol. The van der Waals surface area contributed by atoms with Gasteiger partial charge in [0, 0.05) is 38.0 Å². The van der Waals surface area contributed by atoms with Crippen LogP contribution in [0.5, 0.6) is 23.1 Å². The minimum Gasteiger partial charge on any atom is -0.496 e. The third-order valence-electron chi connectivity index (χ3n) is 4.73. The topological polar surface area (TPSA) is 77.0 Å². The van der Waals surface area contributed by atoms with Crippen LogP contribution in [0.2, 0.25) is 0 Å². The Labute approximate surface area is 212 Å². The highest BCUT2D eigenvalue weighted by atomic mass is 127. The van der Waals surface area contributed by atoms with Crippen LogP contribution in [-0.2, 0) is 13.1 Å². The summed E-state index contributed by atoms with van der Waals surface area (Å²) < 4.78 is 16.9. The molecule has 0 saturated heterocycles. The maximum absolute atomic E-state index is 5.88. The van der Waals surface area contributed by atoms with E-state index in [0.717, 1.165) is 22.4 Å². The van der Waals surface area contributed by atoms with Gasteiger partial charge in [-0.1, -0.05) is 30.3 Å². The van der Waals surface area contributed by atoms with Crippen LogP contribution in [0.25, 0.3) is 0 Å². The van der Waals surface area contributed by atoms with Gasteiger partial charge in [0.25, 0.3) is 0 Å². The number of rotatable bonds is 9. The molecular weight excluding hydrogens is 531 g/mol. The normalized spacial score (nSPS) is 10.7. The van der Waals surface area contributed by atoms with E-state index in [9.17, 15) is 0 Å². The lowest BCUT2D eigenvalue weighted by Gasteiger charge is -2.14. The minimum absolute atomic E-state index is 0. The number of aliphatic imine (C=N–C) groups is 1. The maximum atomic E-state index is 5.88. The lowest BCUT2D eigenvalue weighted by atomic mass is 10.1. The van der Waals surface area contributed by atoms with Gasteiger partial charge in [-0.2, -0.15) is 0 Å². The number of hydrogen-bond donors (Lipinski definition) is 2. The molecule has 0 aliphatic carbocycles. The number of aryl methyl sites for hydroxylation is 1. The van der Waals surface area contributed by atoms with E-state index < -0.39 is 0 Å². The fourth-order valence-electron chi connectivity index (χ4n) is 3.08. The molecule has 3 rings (SSSR count). The van der Waals surface area contributed by atoms with Gasteiger partial charge < -0.3 is 24.8 Å². The molecule has 0 atom stereocenters. The Balaban J connectivity index is 0.00000385. The van der Waals surface area contributed by atoms with Crippen molar-refractivity contribution in [2.45, 2.75) is 26.9 Å². The molecule has 0 aliphatic heterocycles. The highest BCUT2D eigenvalue weighted by molar-refractivity contribution is 14.0. The van der Waals surface area contributed by atoms with Crippen LogP contribution in [0.1, 0.15) is 23.6 Å². The summed E-state index contributed by atoms with van der Waals surface area (Å²) in [6, 6.07) is 17.5. The number of guanidine groups is 1. The van der Waals surface area contributed by atoms with Gasteiger partial charge >= 0.3 is 0 Å². The number of methoxy groups -OCH3 is 1. The fraction of sp³-hybridized carbons (Fsp3) is 0.280. The Bertz CT molecular complexity index is 1040. The molecule has 0 radical (unpaired) electrons. The predicted molar refractivity (Wildman–Crippen MR) is 142 cm³/mol. The van der Waals surface area contributed by atoms with Crippen molar-refractivity contribution >= 4 is 29.9 Å². The zero-order chi connectivity index (χ0) is 22.8. The first-order chi connectivity index (χ1) is 15.6. The number of para-hydroxylation sites is 2. The molecule has 7 nitrogen and oxygen atoms in total. The first-order valence-electron chi connectivity index (χ1n) is 10.6. The van der Waals surface area contributed by atoms with Gasteiger partial charge in [-0.3, -0.25) is 4.99 Å². The van der Waals surface area contributed by atoms with Gasteiger partial charge in [0.1, 0.15) is 5.75 Å². The van der Waals surface area contributed by atoms with Crippen LogP contribution in [0.15, 0.2) is 65.8 Å². The van der Waals surface area contributed by atoms with E-state index >= 15 is 0 Å². The van der Waals surface area contributed by atoms with Crippen LogP contribution in [0, 0.1) is 6.92 Å². The van der Waals surface area contributed by atoms with E-state index in [4.69, 9.17) is 14.2 Å². The number of aromatic nitrogens is 1. The molecule has 0 bridgehead atoms. The van der Waals surface area contributed by atoms with E-state index in [-0.39, 0.29) is 24.0 Å². The summed E-state index contributed by atoms with van der Waals surface area (Å²) in [5.41, 5.74) is 3.23. The lowest BCUT2D eigenvalue weighted by Crippen LogP contribution is -2.36. The first-order valence-corrected chi connectivity index (χ1v) is 10.6. The third kappa shape index (κ3) is 7.81. The Morgan fingerprint density at radius 1 is 0.970 bits per heavy atom. The van der Waals surface area contributed by atoms with Crippen LogP contribution >= 0.6 is 24.0 Å². The molecule has 0 amide bonds. The molecule has 0 saturated carbocycles. The van der Waals surface area contributed by atoms with Gasteiger partial charge in [0.15, 0.2) is 17.5 Å². The van der Waals surface area contributed by atoms with Crippen LogP contribution in [0.4, 0.5) is 0 Å². The zero-order valence-electron chi connectivity index (χ0n) is 19.4. The van der Waals surface area contributed by atoms with E-state index in [2.05, 4.69) is 32.7 Å². The maximum Gasteiger partial charge on any atom is 0.219 e. The smallest absolute Gasteiger partial charge is 0.219 e. The van der Waals surface area contributed by atoms with E-state index in [1.165, 1.54) is 0 Å². The summed E-state index contributed by atoms with van der Waals surface area (Å²) in [4.78, 5) is 8.70. The molecule has 1 aromatic heterocycles. The lowest BCUT2D eigenvalue weighted by molar-refractivity contribution is 0.319. The molecule has 2 aromatic carbocycles. The second-order valence-electron chi connectivity index (χ2n) is 7.08. The zero-order valence-corrected chi connectivity index (χ0v) is 21.8. The van der Waals surface area contributed by atoms with Crippen molar-refractivity contribution in [2.75, 3.05) is 20.8 Å². The molecule has 1 heterocycles. The Hall–Kier alpha value is -3.01. The van der Waals surface area contributed by atoms with Crippen molar-refractivity contribution in [3.05, 3.63) is 77.5 Å². The van der Waals surface area contributed by atoms with Gasteiger partial charge in [-0.25, -0.2) is 4.98 Å². The number of ether oxygens (including phenoxy) is 3. The predicted octanol–water partition coefficient (Wildman–Crippen LogP) is 5.07. The highest BCUT2D eigenvalue weighted by Crippen LogP contribution is 2.30. The van der Waals surface area contributed by atoms with E-state index in [1.54, 1.807) is 20.4 Å². The second-order valence-corrected chi connectivity index (χ2v) is 7.08. The molecule has 2 N–H and O–H groups in total. The summed E-state index contributed by atoms with van der Waals surface area (Å²) in [5, 5.41) is 6.61. The summed E-state index contributed by atoms with van der Waals surface area (Å²) in [7, 11) is 3.42. The third-order valence-corrected chi connectivity index (χ3v) is 4.73. The molecule has 8 heteroatoms. The first kappa shape index (κ1) is 26.2. The van der Waals surface area contributed by atoms with Crippen LogP contribution < -0.4 is 24.8 Å². The summed E-state index contributed by atoms with van der Waals surface area (Å²) >= 11 is 0. The number of hydrogen-bond acceptors (Lipinski definition) is 5. The second kappa shape index (κ2) is 13.5. The SMILES string of the molecule is CCOc1ccccc1Oc1ccc(CNC(=NC)NCc2ccc(C)cc2OC)cn1.I. The fourth-order valence-corrected chi connectivity index (χ4v) is 3.08. The molecule has 0 aliphatic rings. The standard InChI is InChI=1S/C25H30N4O3.HI/c1-5-31-21-8-6-7-9-22(21)32-24-13-11-19(15-27-24)16-28-25(26-3)29-17-20-12-10-18(2)14-23(20)30-4;/h6-15H,5,16-17H2,1-4H3,(H2,26,28,29);1H. The van der Waals surface area contributed by atoms with Crippen molar-refractivity contribution in [1.82, 2.24) is 15.6 Å². The number of pyridine rings is 1. The van der Waals surface area contributed by atoms with E-state index in [0.29, 0.717) is 43.0 Å².